The molecule has 0 aliphatic rings. The summed E-state index contributed by atoms with van der Waals surface area (Å²) in [6, 6.07) is 6.23. The number of nitrogens with two attached hydrogens (primary N) is 1. The number of ether oxygens (including phenoxy) is 2. The van der Waals surface area contributed by atoms with Gasteiger partial charge in [0.15, 0.2) is 11.5 Å². The molecule has 0 aliphatic heterocycles. The van der Waals surface area contributed by atoms with Gasteiger partial charge in [0.05, 0.1) is 14.2 Å². The summed E-state index contributed by atoms with van der Waals surface area (Å²) in [5.74, 6) is 1.52. The monoisotopic (exact) mass is 266 g/mol. The first kappa shape index (κ1) is 15.8. The van der Waals surface area contributed by atoms with Gasteiger partial charge in [0.2, 0.25) is 0 Å². The fraction of sp³-hybridized carbons (Fsp3) is 0.600. The Morgan fingerprint density at radius 3 is 2.37 bits per heavy atom. The second-order valence-electron chi connectivity index (χ2n) is 5.56. The van der Waals surface area contributed by atoms with E-state index in [2.05, 4.69) is 25.2 Å². The van der Waals surface area contributed by atoms with E-state index in [-0.39, 0.29) is 11.5 Å². The number of methoxy groups -OCH3 is 2. The summed E-state index contributed by atoms with van der Waals surface area (Å²) in [4.78, 5) is 0. The van der Waals surface area contributed by atoms with Crippen molar-refractivity contribution >= 4 is 0 Å². The van der Waals surface area contributed by atoms with Crippen molar-refractivity contribution in [2.24, 2.45) is 5.73 Å². The van der Waals surface area contributed by atoms with Gasteiger partial charge in [-0.1, -0.05) is 19.9 Å². The Kier molecular flexibility index (Phi) is 5.63. The first-order valence-electron chi connectivity index (χ1n) is 6.59. The van der Waals surface area contributed by atoms with E-state index in [1.807, 2.05) is 19.1 Å². The van der Waals surface area contributed by atoms with Crippen molar-refractivity contribution in [3.63, 3.8) is 0 Å². The maximum absolute atomic E-state index is 5.74. The van der Waals surface area contributed by atoms with E-state index in [9.17, 15) is 0 Å². The third-order valence-corrected chi connectivity index (χ3v) is 3.20. The van der Waals surface area contributed by atoms with Gasteiger partial charge in [-0.05, 0) is 24.6 Å². The molecular weight excluding hydrogens is 240 g/mol. The predicted octanol–water partition coefficient (Wildman–Crippen LogP) is 1.92. The molecule has 0 amide bonds. The first-order valence-corrected chi connectivity index (χ1v) is 6.59. The Hall–Kier alpha value is -1.26. The van der Waals surface area contributed by atoms with Crippen molar-refractivity contribution in [1.29, 1.82) is 0 Å². The van der Waals surface area contributed by atoms with Gasteiger partial charge < -0.3 is 20.5 Å². The molecule has 0 radical (unpaired) electrons. The standard InChI is InChI=1S/C15H26N2O2/c1-11(16)9-17-10-15(2,3)12-6-7-13(18-4)14(8-12)19-5/h6-8,11,17H,9-10,16H2,1-5H3. The van der Waals surface area contributed by atoms with E-state index >= 15 is 0 Å². The zero-order chi connectivity index (χ0) is 14.5. The molecule has 1 unspecified atom stereocenters. The summed E-state index contributed by atoms with van der Waals surface area (Å²) in [6.45, 7) is 8.07. The molecule has 3 N–H and O–H groups in total. The Balaban J connectivity index is 2.82. The highest BCUT2D eigenvalue weighted by molar-refractivity contribution is 5.45. The molecule has 1 atom stereocenters. The number of hydrogen-bond acceptors (Lipinski definition) is 4. The minimum absolute atomic E-state index is 0.00837. The van der Waals surface area contributed by atoms with Crippen LogP contribution < -0.4 is 20.5 Å². The van der Waals surface area contributed by atoms with Gasteiger partial charge in [0.1, 0.15) is 0 Å². The molecule has 0 saturated carbocycles. The van der Waals surface area contributed by atoms with Crippen LogP contribution in [-0.2, 0) is 5.41 Å². The second kappa shape index (κ2) is 6.78. The van der Waals surface area contributed by atoms with Crippen LogP contribution in [-0.4, -0.2) is 33.4 Å². The number of hydrogen-bond donors (Lipinski definition) is 2. The highest BCUT2D eigenvalue weighted by Crippen LogP contribution is 2.32. The maximum Gasteiger partial charge on any atom is 0.161 e. The van der Waals surface area contributed by atoms with Gasteiger partial charge in [-0.3, -0.25) is 0 Å². The van der Waals surface area contributed by atoms with Crippen molar-refractivity contribution in [1.82, 2.24) is 5.32 Å². The Morgan fingerprint density at radius 1 is 1.21 bits per heavy atom. The van der Waals surface area contributed by atoms with Gasteiger partial charge in [-0.25, -0.2) is 0 Å². The molecule has 108 valence electrons. The van der Waals surface area contributed by atoms with E-state index < -0.39 is 0 Å². The fourth-order valence-corrected chi connectivity index (χ4v) is 1.97. The summed E-state index contributed by atoms with van der Waals surface area (Å²) >= 11 is 0. The summed E-state index contributed by atoms with van der Waals surface area (Å²) in [5, 5.41) is 3.39. The highest BCUT2D eigenvalue weighted by Gasteiger charge is 2.21. The summed E-state index contributed by atoms with van der Waals surface area (Å²) < 4.78 is 10.6. The lowest BCUT2D eigenvalue weighted by molar-refractivity contribution is 0.352. The van der Waals surface area contributed by atoms with Crippen LogP contribution in [0.1, 0.15) is 26.3 Å². The van der Waals surface area contributed by atoms with Gasteiger partial charge in [-0.15, -0.1) is 0 Å². The summed E-state index contributed by atoms with van der Waals surface area (Å²) in [7, 11) is 3.30. The maximum atomic E-state index is 5.74. The van der Waals surface area contributed by atoms with E-state index in [1.165, 1.54) is 5.56 Å². The molecule has 0 spiro atoms. The molecule has 1 aromatic rings. The molecule has 0 heterocycles. The number of rotatable bonds is 7. The largest absolute Gasteiger partial charge is 0.493 e. The van der Waals surface area contributed by atoms with E-state index in [1.54, 1.807) is 14.2 Å². The first-order chi connectivity index (χ1) is 8.90. The molecule has 19 heavy (non-hydrogen) atoms. The third kappa shape index (κ3) is 4.40. The van der Waals surface area contributed by atoms with Crippen LogP contribution in [0.3, 0.4) is 0 Å². The number of benzene rings is 1. The quantitative estimate of drug-likeness (QED) is 0.791. The summed E-state index contributed by atoms with van der Waals surface area (Å²) in [6.07, 6.45) is 0. The minimum atomic E-state index is 0.00837. The van der Waals surface area contributed by atoms with Crippen LogP contribution in [0.4, 0.5) is 0 Å². The predicted molar refractivity (Wildman–Crippen MR) is 79.1 cm³/mol. The molecule has 1 rings (SSSR count). The molecule has 0 fully saturated rings. The number of nitrogens with one attached hydrogen (secondary N) is 1. The van der Waals surface area contributed by atoms with Gasteiger partial charge in [0, 0.05) is 24.5 Å². The lowest BCUT2D eigenvalue weighted by atomic mass is 9.84. The zero-order valence-electron chi connectivity index (χ0n) is 12.6. The van der Waals surface area contributed by atoms with Crippen LogP contribution in [0.2, 0.25) is 0 Å². The van der Waals surface area contributed by atoms with Gasteiger partial charge >= 0.3 is 0 Å². The molecular formula is C15H26N2O2. The second-order valence-corrected chi connectivity index (χ2v) is 5.56. The molecule has 0 bridgehead atoms. The third-order valence-electron chi connectivity index (χ3n) is 3.20. The van der Waals surface area contributed by atoms with Crippen LogP contribution in [0.5, 0.6) is 11.5 Å². The molecule has 0 saturated heterocycles. The van der Waals surface area contributed by atoms with E-state index in [4.69, 9.17) is 15.2 Å². The van der Waals surface area contributed by atoms with E-state index in [0.29, 0.717) is 0 Å². The van der Waals surface area contributed by atoms with Crippen LogP contribution >= 0.6 is 0 Å². The average molecular weight is 266 g/mol. The summed E-state index contributed by atoms with van der Waals surface area (Å²) in [5.41, 5.74) is 6.96. The van der Waals surface area contributed by atoms with Crippen molar-refractivity contribution in [2.45, 2.75) is 32.2 Å². The molecule has 0 aromatic heterocycles. The molecule has 4 heteroatoms. The molecule has 4 nitrogen and oxygen atoms in total. The average Bonchev–Trinajstić information content (AvgIpc) is 2.37. The van der Waals surface area contributed by atoms with Crippen LogP contribution in [0.15, 0.2) is 18.2 Å². The van der Waals surface area contributed by atoms with E-state index in [0.717, 1.165) is 24.6 Å². The van der Waals surface area contributed by atoms with Gasteiger partial charge in [0.25, 0.3) is 0 Å². The van der Waals surface area contributed by atoms with Crippen LogP contribution in [0, 0.1) is 0 Å². The van der Waals surface area contributed by atoms with Gasteiger partial charge in [-0.2, -0.15) is 0 Å². The molecule has 1 aromatic carbocycles. The molecule has 0 aliphatic carbocycles. The lowest BCUT2D eigenvalue weighted by Crippen LogP contribution is -2.38. The highest BCUT2D eigenvalue weighted by atomic mass is 16.5. The smallest absolute Gasteiger partial charge is 0.161 e. The Labute approximate surface area is 116 Å². The Bertz CT molecular complexity index is 403. The van der Waals surface area contributed by atoms with Crippen molar-refractivity contribution in [3.05, 3.63) is 23.8 Å². The Morgan fingerprint density at radius 2 is 1.84 bits per heavy atom. The van der Waals surface area contributed by atoms with Crippen molar-refractivity contribution < 1.29 is 9.47 Å². The lowest BCUT2D eigenvalue weighted by Gasteiger charge is -2.27. The van der Waals surface area contributed by atoms with Crippen LogP contribution in [0.25, 0.3) is 0 Å². The SMILES string of the molecule is COc1ccc(C(C)(C)CNCC(C)N)cc1OC. The van der Waals surface area contributed by atoms with Crippen molar-refractivity contribution in [3.8, 4) is 11.5 Å². The van der Waals surface area contributed by atoms with Crippen molar-refractivity contribution in [2.75, 3.05) is 27.3 Å². The normalized spacial score (nSPS) is 13.2. The minimum Gasteiger partial charge on any atom is -0.493 e. The zero-order valence-corrected chi connectivity index (χ0v) is 12.6. The fourth-order valence-electron chi connectivity index (χ4n) is 1.97. The topological polar surface area (TPSA) is 56.5 Å².